The standard InChI is InChI=1S/C19H37N3O/c1-16-5-4-10-21(14-16)15-17-7-9-20-13-19(17)22-11-3-2-6-18(22)8-12-23/h16-20,23H,2-15H2,1H3. The van der Waals surface area contributed by atoms with Crippen molar-refractivity contribution in [2.45, 2.75) is 64.0 Å². The van der Waals surface area contributed by atoms with Gasteiger partial charge >= 0.3 is 0 Å². The van der Waals surface area contributed by atoms with E-state index in [2.05, 4.69) is 22.0 Å². The number of hydrogen-bond acceptors (Lipinski definition) is 4. The summed E-state index contributed by atoms with van der Waals surface area (Å²) in [7, 11) is 0. The van der Waals surface area contributed by atoms with Gasteiger partial charge in [0.2, 0.25) is 0 Å². The molecule has 0 spiro atoms. The molecule has 3 saturated heterocycles. The molecule has 0 aromatic heterocycles. The molecule has 3 fully saturated rings. The van der Waals surface area contributed by atoms with Gasteiger partial charge < -0.3 is 15.3 Å². The minimum atomic E-state index is 0.343. The zero-order chi connectivity index (χ0) is 16.1. The summed E-state index contributed by atoms with van der Waals surface area (Å²) in [6, 6.07) is 1.29. The molecule has 3 rings (SSSR count). The van der Waals surface area contributed by atoms with E-state index in [9.17, 15) is 5.11 Å². The quantitative estimate of drug-likeness (QED) is 0.811. The van der Waals surface area contributed by atoms with Crippen molar-refractivity contribution in [3.63, 3.8) is 0 Å². The lowest BCUT2D eigenvalue weighted by molar-refractivity contribution is 0.0187. The van der Waals surface area contributed by atoms with Crippen molar-refractivity contribution in [2.24, 2.45) is 11.8 Å². The van der Waals surface area contributed by atoms with Gasteiger partial charge in [-0.2, -0.15) is 0 Å². The molecule has 0 radical (unpaired) electrons. The number of hydrogen-bond donors (Lipinski definition) is 2. The molecule has 0 bridgehead atoms. The first kappa shape index (κ1) is 17.7. The van der Waals surface area contributed by atoms with Gasteiger partial charge in [0.1, 0.15) is 0 Å². The van der Waals surface area contributed by atoms with Crippen LogP contribution in [-0.4, -0.2) is 72.9 Å². The summed E-state index contributed by atoms with van der Waals surface area (Å²) in [6.45, 7) is 10.2. The van der Waals surface area contributed by atoms with Gasteiger partial charge in [-0.3, -0.25) is 4.90 Å². The third-order valence-corrected chi connectivity index (χ3v) is 6.38. The molecule has 3 aliphatic heterocycles. The Labute approximate surface area is 142 Å². The highest BCUT2D eigenvalue weighted by atomic mass is 16.3. The summed E-state index contributed by atoms with van der Waals surface area (Å²) < 4.78 is 0. The SMILES string of the molecule is CC1CCCN(CC2CCNCC2N2CCCCC2CCO)C1. The molecule has 3 heterocycles. The van der Waals surface area contributed by atoms with Crippen molar-refractivity contribution in [1.82, 2.24) is 15.1 Å². The molecule has 0 saturated carbocycles. The molecule has 4 unspecified atom stereocenters. The van der Waals surface area contributed by atoms with E-state index in [1.807, 2.05) is 0 Å². The maximum atomic E-state index is 9.44. The van der Waals surface area contributed by atoms with Gasteiger partial charge in [0.15, 0.2) is 0 Å². The first-order valence-electron chi connectivity index (χ1n) is 10.1. The summed E-state index contributed by atoms with van der Waals surface area (Å²) in [4.78, 5) is 5.51. The minimum absolute atomic E-state index is 0.343. The monoisotopic (exact) mass is 323 g/mol. The molecular formula is C19H37N3O. The number of rotatable bonds is 5. The van der Waals surface area contributed by atoms with Crippen LogP contribution in [0.5, 0.6) is 0 Å². The molecule has 23 heavy (non-hydrogen) atoms. The highest BCUT2D eigenvalue weighted by molar-refractivity contribution is 4.92. The Hall–Kier alpha value is -0.160. The summed E-state index contributed by atoms with van der Waals surface area (Å²) in [6.07, 6.45) is 9.04. The fourth-order valence-corrected chi connectivity index (χ4v) is 5.20. The molecule has 3 aliphatic rings. The Kier molecular flexibility index (Phi) is 6.75. The number of likely N-dealkylation sites (tertiary alicyclic amines) is 2. The third kappa shape index (κ3) is 4.68. The molecule has 0 aliphatic carbocycles. The van der Waals surface area contributed by atoms with Gasteiger partial charge in [0, 0.05) is 38.3 Å². The predicted molar refractivity (Wildman–Crippen MR) is 95.7 cm³/mol. The van der Waals surface area contributed by atoms with Crippen LogP contribution in [0.15, 0.2) is 0 Å². The largest absolute Gasteiger partial charge is 0.396 e. The highest BCUT2D eigenvalue weighted by Gasteiger charge is 2.36. The Morgan fingerprint density at radius 2 is 2.00 bits per heavy atom. The molecule has 2 N–H and O–H groups in total. The van der Waals surface area contributed by atoms with Gasteiger partial charge in [0.25, 0.3) is 0 Å². The molecule has 0 aromatic carbocycles. The van der Waals surface area contributed by atoms with E-state index in [1.54, 1.807) is 0 Å². The molecule has 134 valence electrons. The topological polar surface area (TPSA) is 38.7 Å². The first-order chi connectivity index (χ1) is 11.3. The lowest BCUT2D eigenvalue weighted by Crippen LogP contribution is -2.58. The van der Waals surface area contributed by atoms with Crippen LogP contribution in [0.3, 0.4) is 0 Å². The molecule has 0 amide bonds. The fraction of sp³-hybridized carbons (Fsp3) is 1.00. The highest BCUT2D eigenvalue weighted by Crippen LogP contribution is 2.29. The number of piperidine rings is 3. The minimum Gasteiger partial charge on any atom is -0.396 e. The van der Waals surface area contributed by atoms with E-state index >= 15 is 0 Å². The molecule has 4 nitrogen and oxygen atoms in total. The second kappa shape index (κ2) is 8.80. The zero-order valence-electron chi connectivity index (χ0n) is 15.1. The first-order valence-corrected chi connectivity index (χ1v) is 10.1. The zero-order valence-corrected chi connectivity index (χ0v) is 15.1. The Morgan fingerprint density at radius 1 is 1.09 bits per heavy atom. The van der Waals surface area contributed by atoms with Gasteiger partial charge in [0.05, 0.1) is 0 Å². The van der Waals surface area contributed by atoms with Crippen LogP contribution in [0.1, 0.15) is 51.9 Å². The summed E-state index contributed by atoms with van der Waals surface area (Å²) >= 11 is 0. The molecule has 4 atom stereocenters. The Bertz CT molecular complexity index is 350. The van der Waals surface area contributed by atoms with Crippen molar-refractivity contribution in [1.29, 1.82) is 0 Å². The molecule has 4 heteroatoms. The van der Waals surface area contributed by atoms with Crippen molar-refractivity contribution in [3.8, 4) is 0 Å². The van der Waals surface area contributed by atoms with E-state index in [0.717, 1.165) is 24.8 Å². The number of nitrogens with one attached hydrogen (secondary N) is 1. The smallest absolute Gasteiger partial charge is 0.0445 e. The number of aliphatic hydroxyl groups excluding tert-OH is 1. The second-order valence-electron chi connectivity index (χ2n) is 8.23. The van der Waals surface area contributed by atoms with Crippen LogP contribution < -0.4 is 5.32 Å². The third-order valence-electron chi connectivity index (χ3n) is 6.38. The Morgan fingerprint density at radius 3 is 2.83 bits per heavy atom. The average molecular weight is 324 g/mol. The van der Waals surface area contributed by atoms with E-state index in [-0.39, 0.29) is 0 Å². The van der Waals surface area contributed by atoms with Gasteiger partial charge in [-0.1, -0.05) is 13.3 Å². The van der Waals surface area contributed by atoms with E-state index in [1.165, 1.54) is 71.2 Å². The maximum absolute atomic E-state index is 9.44. The summed E-state index contributed by atoms with van der Waals surface area (Å²) in [5.74, 6) is 1.68. The number of aliphatic hydroxyl groups is 1. The molecular weight excluding hydrogens is 286 g/mol. The van der Waals surface area contributed by atoms with Gasteiger partial charge in [-0.25, -0.2) is 0 Å². The number of nitrogens with zero attached hydrogens (tertiary/aromatic N) is 2. The lowest BCUT2D eigenvalue weighted by Gasteiger charge is -2.48. The van der Waals surface area contributed by atoms with Gasteiger partial charge in [-0.15, -0.1) is 0 Å². The van der Waals surface area contributed by atoms with Crippen molar-refractivity contribution < 1.29 is 5.11 Å². The van der Waals surface area contributed by atoms with Crippen LogP contribution in [0.25, 0.3) is 0 Å². The predicted octanol–water partition coefficient (Wildman–Crippen LogP) is 1.93. The maximum Gasteiger partial charge on any atom is 0.0445 e. The van der Waals surface area contributed by atoms with E-state index < -0.39 is 0 Å². The van der Waals surface area contributed by atoms with Gasteiger partial charge in [-0.05, 0) is 70.0 Å². The van der Waals surface area contributed by atoms with Crippen molar-refractivity contribution in [2.75, 3.05) is 45.9 Å². The van der Waals surface area contributed by atoms with Crippen LogP contribution >= 0.6 is 0 Å². The summed E-state index contributed by atoms with van der Waals surface area (Å²) in [5, 5.41) is 13.1. The summed E-state index contributed by atoms with van der Waals surface area (Å²) in [5.41, 5.74) is 0. The van der Waals surface area contributed by atoms with Crippen molar-refractivity contribution >= 4 is 0 Å². The van der Waals surface area contributed by atoms with E-state index in [4.69, 9.17) is 0 Å². The fourth-order valence-electron chi connectivity index (χ4n) is 5.20. The van der Waals surface area contributed by atoms with Crippen LogP contribution in [-0.2, 0) is 0 Å². The molecule has 0 aromatic rings. The Balaban J connectivity index is 1.62. The second-order valence-corrected chi connectivity index (χ2v) is 8.23. The van der Waals surface area contributed by atoms with Crippen molar-refractivity contribution in [3.05, 3.63) is 0 Å². The average Bonchev–Trinajstić information content (AvgIpc) is 2.56. The van der Waals surface area contributed by atoms with Crippen LogP contribution in [0.4, 0.5) is 0 Å². The normalized spacial score (nSPS) is 37.8. The van der Waals surface area contributed by atoms with Crippen LogP contribution in [0.2, 0.25) is 0 Å². The lowest BCUT2D eigenvalue weighted by atomic mass is 9.86. The van der Waals surface area contributed by atoms with Crippen LogP contribution in [0, 0.1) is 11.8 Å². The van der Waals surface area contributed by atoms with E-state index in [0.29, 0.717) is 18.7 Å².